The van der Waals surface area contributed by atoms with Crippen molar-refractivity contribution < 1.29 is 9.53 Å². The Balaban J connectivity index is 2.13. The van der Waals surface area contributed by atoms with Gasteiger partial charge in [-0.1, -0.05) is 63.2 Å². The van der Waals surface area contributed by atoms with Gasteiger partial charge in [0.1, 0.15) is 17.5 Å². The fraction of sp³-hybridized carbons (Fsp3) is 0.240. The van der Waals surface area contributed by atoms with Gasteiger partial charge in [-0.3, -0.25) is 9.48 Å². The Morgan fingerprint density at radius 3 is 2.43 bits per heavy atom. The summed E-state index contributed by atoms with van der Waals surface area (Å²) in [7, 11) is 1.61. The molecule has 0 aliphatic carbocycles. The summed E-state index contributed by atoms with van der Waals surface area (Å²) in [5.41, 5.74) is 2.74. The highest BCUT2D eigenvalue weighted by Crippen LogP contribution is 2.33. The fourth-order valence-corrected chi connectivity index (χ4v) is 3.15. The number of carbonyl (C=O) groups excluding carboxylic acids is 1. The van der Waals surface area contributed by atoms with E-state index in [1.54, 1.807) is 34.0 Å². The SMILES string of the molecule is COc1ccccc1-c1nn(Cc2ccccc2)cc1/C=C(\C#N)C(=O)C(C)(C)C. The van der Waals surface area contributed by atoms with Crippen LogP contribution in [0, 0.1) is 16.7 Å². The van der Waals surface area contributed by atoms with Crippen LogP contribution < -0.4 is 4.74 Å². The molecule has 0 N–H and O–H groups in total. The molecular formula is C25H25N3O2. The van der Waals surface area contributed by atoms with Crippen molar-refractivity contribution in [1.29, 1.82) is 5.26 Å². The molecule has 0 bridgehead atoms. The van der Waals surface area contributed by atoms with Crippen LogP contribution in [0.15, 0.2) is 66.4 Å². The van der Waals surface area contributed by atoms with Gasteiger partial charge in [-0.15, -0.1) is 0 Å². The van der Waals surface area contributed by atoms with E-state index >= 15 is 0 Å². The van der Waals surface area contributed by atoms with Crippen LogP contribution in [0.1, 0.15) is 31.9 Å². The van der Waals surface area contributed by atoms with Crippen molar-refractivity contribution in [3.63, 3.8) is 0 Å². The lowest BCUT2D eigenvalue weighted by Crippen LogP contribution is -2.21. The monoisotopic (exact) mass is 399 g/mol. The number of ether oxygens (including phenoxy) is 1. The van der Waals surface area contributed by atoms with Crippen LogP contribution in [-0.2, 0) is 11.3 Å². The van der Waals surface area contributed by atoms with Gasteiger partial charge in [-0.2, -0.15) is 10.4 Å². The molecule has 2 aromatic carbocycles. The maximum absolute atomic E-state index is 12.7. The third-order valence-electron chi connectivity index (χ3n) is 4.69. The zero-order valence-corrected chi connectivity index (χ0v) is 17.7. The number of carbonyl (C=O) groups is 1. The van der Waals surface area contributed by atoms with E-state index in [0.717, 1.165) is 11.1 Å². The number of nitrogens with zero attached hydrogens (tertiary/aromatic N) is 3. The van der Waals surface area contributed by atoms with Crippen LogP contribution in [-0.4, -0.2) is 22.7 Å². The quantitative estimate of drug-likeness (QED) is 0.426. The Bertz CT molecular complexity index is 1110. The van der Waals surface area contributed by atoms with Crippen molar-refractivity contribution in [3.8, 4) is 23.1 Å². The van der Waals surface area contributed by atoms with Gasteiger partial charge in [-0.25, -0.2) is 0 Å². The molecule has 0 aliphatic rings. The minimum Gasteiger partial charge on any atom is -0.496 e. The van der Waals surface area contributed by atoms with Crippen LogP contribution in [0.25, 0.3) is 17.3 Å². The molecule has 1 heterocycles. The number of benzene rings is 2. The number of methoxy groups -OCH3 is 1. The Hall–Kier alpha value is -3.65. The fourth-order valence-electron chi connectivity index (χ4n) is 3.15. The molecule has 0 spiro atoms. The van der Waals surface area contributed by atoms with Crippen molar-refractivity contribution >= 4 is 11.9 Å². The van der Waals surface area contributed by atoms with E-state index in [1.807, 2.05) is 65.5 Å². The van der Waals surface area contributed by atoms with Gasteiger partial charge in [0.25, 0.3) is 0 Å². The number of hydrogen-bond acceptors (Lipinski definition) is 4. The number of allylic oxidation sites excluding steroid dienone is 1. The lowest BCUT2D eigenvalue weighted by Gasteiger charge is -2.15. The highest BCUT2D eigenvalue weighted by atomic mass is 16.5. The van der Waals surface area contributed by atoms with Crippen LogP contribution >= 0.6 is 0 Å². The second-order valence-corrected chi connectivity index (χ2v) is 8.07. The lowest BCUT2D eigenvalue weighted by molar-refractivity contribution is -0.121. The van der Waals surface area contributed by atoms with Gasteiger partial charge in [0.15, 0.2) is 5.78 Å². The van der Waals surface area contributed by atoms with Gasteiger partial charge in [0.2, 0.25) is 0 Å². The second-order valence-electron chi connectivity index (χ2n) is 8.07. The maximum Gasteiger partial charge on any atom is 0.178 e. The lowest BCUT2D eigenvalue weighted by atomic mass is 9.86. The summed E-state index contributed by atoms with van der Waals surface area (Å²) in [6.45, 7) is 5.99. The average Bonchev–Trinajstić information content (AvgIpc) is 3.13. The first-order chi connectivity index (χ1) is 14.3. The highest BCUT2D eigenvalue weighted by molar-refractivity contribution is 6.06. The number of hydrogen-bond donors (Lipinski definition) is 0. The first-order valence-electron chi connectivity index (χ1n) is 9.75. The summed E-state index contributed by atoms with van der Waals surface area (Å²) in [6.07, 6.45) is 3.49. The second kappa shape index (κ2) is 8.79. The number of para-hydroxylation sites is 1. The van der Waals surface area contributed by atoms with Gasteiger partial charge < -0.3 is 4.74 Å². The van der Waals surface area contributed by atoms with Crippen molar-refractivity contribution in [3.05, 3.63) is 77.5 Å². The molecule has 5 heteroatoms. The Kier molecular flexibility index (Phi) is 6.17. The Labute approximate surface area is 177 Å². The Morgan fingerprint density at radius 1 is 1.13 bits per heavy atom. The first-order valence-corrected chi connectivity index (χ1v) is 9.75. The van der Waals surface area contributed by atoms with Crippen LogP contribution in [0.3, 0.4) is 0 Å². The highest BCUT2D eigenvalue weighted by Gasteiger charge is 2.26. The summed E-state index contributed by atoms with van der Waals surface area (Å²) in [4.78, 5) is 12.7. The molecule has 1 aromatic heterocycles. The molecule has 0 atom stereocenters. The summed E-state index contributed by atoms with van der Waals surface area (Å²) < 4.78 is 7.33. The summed E-state index contributed by atoms with van der Waals surface area (Å²) in [6, 6.07) is 19.7. The third-order valence-corrected chi connectivity index (χ3v) is 4.69. The number of nitriles is 1. The number of ketones is 1. The van der Waals surface area contributed by atoms with Crippen molar-refractivity contribution in [1.82, 2.24) is 9.78 Å². The Morgan fingerprint density at radius 2 is 1.80 bits per heavy atom. The van der Waals surface area contributed by atoms with E-state index in [9.17, 15) is 10.1 Å². The normalized spacial score (nSPS) is 11.8. The molecule has 3 aromatic rings. The minimum absolute atomic E-state index is 0.109. The molecule has 0 unspecified atom stereocenters. The third kappa shape index (κ3) is 4.66. The van der Waals surface area contributed by atoms with E-state index in [4.69, 9.17) is 9.84 Å². The minimum atomic E-state index is -0.647. The molecule has 0 aliphatic heterocycles. The molecule has 152 valence electrons. The number of rotatable bonds is 6. The van der Waals surface area contributed by atoms with E-state index in [-0.39, 0.29) is 11.4 Å². The van der Waals surface area contributed by atoms with Gasteiger partial charge in [0.05, 0.1) is 19.2 Å². The summed E-state index contributed by atoms with van der Waals surface area (Å²) in [5, 5.41) is 14.4. The maximum atomic E-state index is 12.7. The van der Waals surface area contributed by atoms with E-state index in [0.29, 0.717) is 23.6 Å². The molecule has 0 radical (unpaired) electrons. The summed E-state index contributed by atoms with van der Waals surface area (Å²) in [5.74, 6) is 0.476. The first kappa shape index (κ1) is 21.1. The van der Waals surface area contributed by atoms with Crippen molar-refractivity contribution in [2.75, 3.05) is 7.11 Å². The van der Waals surface area contributed by atoms with E-state index < -0.39 is 5.41 Å². The van der Waals surface area contributed by atoms with Gasteiger partial charge in [-0.05, 0) is 23.8 Å². The molecule has 0 amide bonds. The van der Waals surface area contributed by atoms with Crippen molar-refractivity contribution in [2.24, 2.45) is 5.41 Å². The van der Waals surface area contributed by atoms with E-state index in [2.05, 4.69) is 6.07 Å². The predicted molar refractivity (Wildman–Crippen MR) is 118 cm³/mol. The zero-order valence-electron chi connectivity index (χ0n) is 17.7. The molecule has 0 fully saturated rings. The number of aromatic nitrogens is 2. The molecule has 3 rings (SSSR count). The van der Waals surface area contributed by atoms with Gasteiger partial charge >= 0.3 is 0 Å². The molecule has 0 saturated heterocycles. The van der Waals surface area contributed by atoms with Gasteiger partial charge in [0, 0.05) is 22.7 Å². The molecule has 0 saturated carbocycles. The average molecular weight is 399 g/mol. The van der Waals surface area contributed by atoms with E-state index in [1.165, 1.54) is 0 Å². The summed E-state index contributed by atoms with van der Waals surface area (Å²) >= 11 is 0. The van der Waals surface area contributed by atoms with Crippen LogP contribution in [0.5, 0.6) is 5.75 Å². The predicted octanol–water partition coefficient (Wildman–Crippen LogP) is 5.13. The zero-order chi connectivity index (χ0) is 21.7. The molecular weight excluding hydrogens is 374 g/mol. The topological polar surface area (TPSA) is 67.9 Å². The smallest absolute Gasteiger partial charge is 0.178 e. The molecule has 30 heavy (non-hydrogen) atoms. The largest absolute Gasteiger partial charge is 0.496 e. The van der Waals surface area contributed by atoms with Crippen LogP contribution in [0.4, 0.5) is 0 Å². The number of Topliss-reactive ketones (excluding diaryl/α,β-unsaturated/α-hetero) is 1. The van der Waals surface area contributed by atoms with Crippen molar-refractivity contribution in [2.45, 2.75) is 27.3 Å². The molecule has 5 nitrogen and oxygen atoms in total. The standard InChI is InChI=1S/C25H25N3O2/c1-25(2,3)24(29)19(15-26)14-20-17-28(16-18-10-6-5-7-11-18)27-23(20)21-12-8-9-13-22(21)30-4/h5-14,17H,16H2,1-4H3/b19-14+. The van der Waals surface area contributed by atoms with Crippen LogP contribution in [0.2, 0.25) is 0 Å².